The summed E-state index contributed by atoms with van der Waals surface area (Å²) in [5, 5.41) is 13.2. The number of rotatable bonds is 4. The molecule has 1 aromatic carbocycles. The summed E-state index contributed by atoms with van der Waals surface area (Å²) in [6, 6.07) is 13.1. The fourth-order valence-corrected chi connectivity index (χ4v) is 5.80. The molecule has 7 heteroatoms. The molecule has 7 nitrogen and oxygen atoms in total. The highest BCUT2D eigenvalue weighted by Gasteiger charge is 2.57. The normalized spacial score (nSPS) is 27.2. The molecule has 1 aromatic heterocycles. The fraction of sp³-hybridized carbons (Fsp3) is 0.458. The van der Waals surface area contributed by atoms with Crippen molar-refractivity contribution in [1.29, 1.82) is 0 Å². The number of hydrogen-bond acceptors (Lipinski definition) is 4. The van der Waals surface area contributed by atoms with Gasteiger partial charge in [-0.3, -0.25) is 14.4 Å². The molecule has 5 rings (SSSR count). The summed E-state index contributed by atoms with van der Waals surface area (Å²) < 4.78 is 1.69. The zero-order chi connectivity index (χ0) is 21.5. The third kappa shape index (κ3) is 3.28. The van der Waals surface area contributed by atoms with Crippen molar-refractivity contribution >= 4 is 17.5 Å². The first-order chi connectivity index (χ1) is 15.1. The number of nitrogens with one attached hydrogen (secondary N) is 1. The Hall–Kier alpha value is -2.93. The molecule has 2 amide bonds. The van der Waals surface area contributed by atoms with Gasteiger partial charge in [-0.05, 0) is 31.0 Å². The lowest BCUT2D eigenvalue weighted by molar-refractivity contribution is -0.143. The maximum atomic E-state index is 13.7. The van der Waals surface area contributed by atoms with Gasteiger partial charge in [-0.25, -0.2) is 0 Å². The molecule has 0 unspecified atom stereocenters. The van der Waals surface area contributed by atoms with Crippen LogP contribution in [-0.2, 0) is 16.1 Å². The molecule has 2 N–H and O–H groups in total. The molecule has 0 bridgehead atoms. The molecule has 2 aromatic rings. The number of para-hydroxylation sites is 1. The number of fused-ring (bicyclic) bond motifs is 3. The lowest BCUT2D eigenvalue weighted by Crippen LogP contribution is -2.49. The van der Waals surface area contributed by atoms with Crippen LogP contribution < -0.4 is 10.9 Å². The van der Waals surface area contributed by atoms with E-state index >= 15 is 0 Å². The Kier molecular flexibility index (Phi) is 5.14. The summed E-state index contributed by atoms with van der Waals surface area (Å²) >= 11 is 0. The van der Waals surface area contributed by atoms with Crippen molar-refractivity contribution in [2.75, 3.05) is 11.9 Å². The van der Waals surface area contributed by atoms with Gasteiger partial charge in [-0.15, -0.1) is 0 Å². The Morgan fingerprint density at radius 1 is 1.03 bits per heavy atom. The first-order valence-corrected chi connectivity index (χ1v) is 11.1. The second-order valence-electron chi connectivity index (χ2n) is 8.88. The van der Waals surface area contributed by atoms with Gasteiger partial charge in [-0.2, -0.15) is 0 Å². The van der Waals surface area contributed by atoms with Crippen LogP contribution in [0, 0.1) is 17.8 Å². The Labute approximate surface area is 180 Å². The number of carbonyl (C=O) groups excluding carboxylic acids is 2. The molecule has 0 radical (unpaired) electrons. The molecule has 2 aliphatic heterocycles. The van der Waals surface area contributed by atoms with E-state index in [-0.39, 0.29) is 41.9 Å². The standard InChI is InChI=1S/C24H27N3O4/c28-14-18-17-13-26-19(11-6-12-20(26)29)21(17)27(24(31)15-7-4-5-8-15)22(18)23(30)25-16-9-2-1-3-10-16/h1-3,6,9-12,15,17-18,21-22,28H,4-5,7-8,13-14H2,(H,25,30)/t17-,18-,21+,22-/m1/s1. The predicted molar refractivity (Wildman–Crippen MR) is 115 cm³/mol. The molecule has 1 saturated carbocycles. The Bertz CT molecular complexity index is 1040. The monoisotopic (exact) mass is 421 g/mol. The number of pyridine rings is 1. The van der Waals surface area contributed by atoms with Crippen molar-refractivity contribution in [2.45, 2.75) is 44.3 Å². The molecule has 162 valence electrons. The summed E-state index contributed by atoms with van der Waals surface area (Å²) in [5.41, 5.74) is 1.31. The Balaban J connectivity index is 1.56. The largest absolute Gasteiger partial charge is 0.396 e. The highest BCUT2D eigenvalue weighted by Crippen LogP contribution is 2.50. The van der Waals surface area contributed by atoms with Gasteiger partial charge in [0.2, 0.25) is 11.8 Å². The minimum absolute atomic E-state index is 0.0265. The topological polar surface area (TPSA) is 91.6 Å². The third-order valence-electron chi connectivity index (χ3n) is 7.22. The van der Waals surface area contributed by atoms with Crippen LogP contribution >= 0.6 is 0 Å². The van der Waals surface area contributed by atoms with Crippen LogP contribution in [0.2, 0.25) is 0 Å². The Morgan fingerprint density at radius 3 is 2.48 bits per heavy atom. The number of aromatic nitrogens is 1. The molecular weight excluding hydrogens is 394 g/mol. The molecule has 3 heterocycles. The highest BCUT2D eigenvalue weighted by atomic mass is 16.3. The van der Waals surface area contributed by atoms with Crippen molar-refractivity contribution < 1.29 is 14.7 Å². The van der Waals surface area contributed by atoms with Gasteiger partial charge in [0, 0.05) is 48.4 Å². The van der Waals surface area contributed by atoms with Crippen molar-refractivity contribution in [3.63, 3.8) is 0 Å². The number of benzene rings is 1. The minimum atomic E-state index is -0.766. The van der Waals surface area contributed by atoms with Crippen LogP contribution in [0.15, 0.2) is 53.3 Å². The number of carbonyl (C=O) groups is 2. The summed E-state index contributed by atoms with van der Waals surface area (Å²) in [6.07, 6.45) is 3.67. The molecule has 4 atom stereocenters. The summed E-state index contributed by atoms with van der Waals surface area (Å²) in [7, 11) is 0. The fourth-order valence-electron chi connectivity index (χ4n) is 5.80. The second kappa shape index (κ2) is 7.96. The maximum Gasteiger partial charge on any atom is 0.250 e. The lowest BCUT2D eigenvalue weighted by atomic mass is 9.88. The smallest absolute Gasteiger partial charge is 0.250 e. The number of amides is 2. The first-order valence-electron chi connectivity index (χ1n) is 11.1. The van der Waals surface area contributed by atoms with Gasteiger partial charge in [0.1, 0.15) is 6.04 Å². The lowest BCUT2D eigenvalue weighted by Gasteiger charge is -2.33. The number of aliphatic hydroxyl groups is 1. The van der Waals surface area contributed by atoms with Gasteiger partial charge >= 0.3 is 0 Å². The van der Waals surface area contributed by atoms with Crippen LogP contribution in [0.5, 0.6) is 0 Å². The van der Waals surface area contributed by atoms with E-state index in [9.17, 15) is 19.5 Å². The van der Waals surface area contributed by atoms with Gasteiger partial charge in [-0.1, -0.05) is 37.1 Å². The number of nitrogens with zero attached hydrogens (tertiary/aromatic N) is 2. The molecule has 0 spiro atoms. The van der Waals surface area contributed by atoms with Gasteiger partial charge < -0.3 is 19.9 Å². The third-order valence-corrected chi connectivity index (χ3v) is 7.22. The van der Waals surface area contributed by atoms with E-state index < -0.39 is 12.0 Å². The van der Waals surface area contributed by atoms with E-state index in [0.717, 1.165) is 31.4 Å². The van der Waals surface area contributed by atoms with Crippen LogP contribution in [0.25, 0.3) is 0 Å². The predicted octanol–water partition coefficient (Wildman–Crippen LogP) is 2.17. The molecule has 1 aliphatic carbocycles. The van der Waals surface area contributed by atoms with Crippen LogP contribution in [0.1, 0.15) is 37.4 Å². The van der Waals surface area contributed by atoms with E-state index in [1.807, 2.05) is 24.3 Å². The first kappa shape index (κ1) is 20.0. The van der Waals surface area contributed by atoms with E-state index in [0.29, 0.717) is 12.2 Å². The van der Waals surface area contributed by atoms with Gasteiger partial charge in [0.15, 0.2) is 0 Å². The van der Waals surface area contributed by atoms with Crippen LogP contribution in [-0.4, -0.2) is 39.0 Å². The molecule has 2 fully saturated rings. The molecule has 1 saturated heterocycles. The van der Waals surface area contributed by atoms with Crippen LogP contribution in [0.3, 0.4) is 0 Å². The second-order valence-corrected chi connectivity index (χ2v) is 8.88. The average Bonchev–Trinajstić information content (AvgIpc) is 3.49. The quantitative estimate of drug-likeness (QED) is 0.792. The average molecular weight is 421 g/mol. The van der Waals surface area contributed by atoms with Gasteiger partial charge in [0.25, 0.3) is 5.56 Å². The van der Waals surface area contributed by atoms with Crippen molar-refractivity contribution in [1.82, 2.24) is 9.47 Å². The van der Waals surface area contributed by atoms with E-state index in [1.54, 1.807) is 27.7 Å². The Morgan fingerprint density at radius 2 is 1.77 bits per heavy atom. The highest BCUT2D eigenvalue weighted by molar-refractivity contribution is 5.98. The van der Waals surface area contributed by atoms with E-state index in [2.05, 4.69) is 5.32 Å². The minimum Gasteiger partial charge on any atom is -0.396 e. The molecular formula is C24H27N3O4. The summed E-state index contributed by atoms with van der Waals surface area (Å²) in [5.74, 6) is -1.01. The number of anilines is 1. The summed E-state index contributed by atoms with van der Waals surface area (Å²) in [4.78, 5) is 41.3. The van der Waals surface area contributed by atoms with E-state index in [4.69, 9.17) is 0 Å². The number of likely N-dealkylation sites (tertiary alicyclic amines) is 1. The number of aliphatic hydroxyl groups excluding tert-OH is 1. The van der Waals surface area contributed by atoms with Crippen molar-refractivity contribution in [2.24, 2.45) is 17.8 Å². The number of hydrogen-bond donors (Lipinski definition) is 2. The molecule has 31 heavy (non-hydrogen) atoms. The van der Waals surface area contributed by atoms with Crippen molar-refractivity contribution in [3.8, 4) is 0 Å². The SMILES string of the molecule is O=C(Nc1ccccc1)[C@H]1[C@H](CO)[C@H]2Cn3c(cccc3=O)[C@H]2N1C(=O)C1CCCC1. The van der Waals surface area contributed by atoms with E-state index in [1.165, 1.54) is 6.07 Å². The van der Waals surface area contributed by atoms with Crippen LogP contribution in [0.4, 0.5) is 5.69 Å². The molecule has 3 aliphatic rings. The zero-order valence-corrected chi connectivity index (χ0v) is 17.3. The van der Waals surface area contributed by atoms with Crippen molar-refractivity contribution in [3.05, 3.63) is 64.6 Å². The zero-order valence-electron chi connectivity index (χ0n) is 17.3. The maximum absolute atomic E-state index is 13.7. The summed E-state index contributed by atoms with van der Waals surface area (Å²) in [6.45, 7) is 0.194. The van der Waals surface area contributed by atoms with Gasteiger partial charge in [0.05, 0.1) is 6.04 Å².